The van der Waals surface area contributed by atoms with Gasteiger partial charge in [0, 0.05) is 30.6 Å². The van der Waals surface area contributed by atoms with Crippen LogP contribution in [0.3, 0.4) is 0 Å². The van der Waals surface area contributed by atoms with E-state index >= 15 is 0 Å². The summed E-state index contributed by atoms with van der Waals surface area (Å²) in [6.45, 7) is 0.797. The van der Waals surface area contributed by atoms with E-state index in [4.69, 9.17) is 0 Å². The van der Waals surface area contributed by atoms with Crippen molar-refractivity contribution in [2.45, 2.75) is 12.3 Å². The summed E-state index contributed by atoms with van der Waals surface area (Å²) in [5.41, 5.74) is 2.32. The zero-order valence-electron chi connectivity index (χ0n) is 9.72. The molecule has 1 aliphatic rings. The minimum Gasteiger partial charge on any atom is -0.384 e. The number of hydrogen-bond acceptors (Lipinski definition) is 4. The maximum Gasteiger partial charge on any atom is 0.226 e. The largest absolute Gasteiger partial charge is 0.384 e. The van der Waals surface area contributed by atoms with Crippen molar-refractivity contribution in [3.8, 4) is 0 Å². The molecule has 1 unspecified atom stereocenters. The predicted molar refractivity (Wildman–Crippen MR) is 67.4 cm³/mol. The van der Waals surface area contributed by atoms with Gasteiger partial charge in [0.15, 0.2) is 5.82 Å². The number of para-hydroxylation sites is 1. The number of carbonyl (C=O) groups is 1. The maximum absolute atomic E-state index is 11.9. The number of benzene rings is 1. The van der Waals surface area contributed by atoms with E-state index in [9.17, 15) is 4.79 Å². The maximum atomic E-state index is 11.9. The molecule has 5 heteroatoms. The molecular weight excluding hydrogens is 230 g/mol. The molecule has 2 heterocycles. The molecule has 18 heavy (non-hydrogen) atoms. The Morgan fingerprint density at radius 3 is 3.17 bits per heavy atom. The molecule has 0 bridgehead atoms. The summed E-state index contributed by atoms with van der Waals surface area (Å²) in [6, 6.07) is 9.70. The topological polar surface area (TPSA) is 67.2 Å². The van der Waals surface area contributed by atoms with E-state index in [2.05, 4.69) is 26.4 Å². The van der Waals surface area contributed by atoms with E-state index in [1.165, 1.54) is 11.8 Å². The van der Waals surface area contributed by atoms with E-state index in [1.807, 2.05) is 18.2 Å². The molecule has 92 valence electrons. The average molecular weight is 243 g/mol. The first-order valence-electron chi connectivity index (χ1n) is 5.86. The summed E-state index contributed by atoms with van der Waals surface area (Å²) in [7, 11) is 0. The lowest BCUT2D eigenvalue weighted by Crippen LogP contribution is -2.16. The number of rotatable bonds is 3. The summed E-state index contributed by atoms with van der Waals surface area (Å²) in [6.07, 6.45) is 1.87. The van der Waals surface area contributed by atoms with E-state index in [0.29, 0.717) is 12.2 Å². The Morgan fingerprint density at radius 2 is 2.33 bits per heavy atom. The lowest BCUT2D eigenvalue weighted by Gasteiger charge is -2.09. The quantitative estimate of drug-likeness (QED) is 0.867. The normalized spacial score (nSPS) is 17.0. The highest BCUT2D eigenvalue weighted by Gasteiger charge is 2.24. The summed E-state index contributed by atoms with van der Waals surface area (Å²) >= 11 is 0. The number of fused-ring (bicyclic) bond motifs is 1. The monoisotopic (exact) mass is 243 g/mol. The molecule has 0 aliphatic carbocycles. The fourth-order valence-electron chi connectivity index (χ4n) is 2.23. The van der Waals surface area contributed by atoms with E-state index in [1.54, 1.807) is 6.07 Å². The number of anilines is 2. The minimum atomic E-state index is -0.0487. The van der Waals surface area contributed by atoms with Crippen molar-refractivity contribution in [3.63, 3.8) is 0 Å². The van der Waals surface area contributed by atoms with E-state index in [-0.39, 0.29) is 11.8 Å². The standard InChI is InChI=1S/C13H13N3O2/c17-13(15-12-5-6-18-16-12)7-9-8-14-11-4-2-1-3-10(9)11/h1-6,9,14H,7-8H2,(H,15,16,17). The second-order valence-corrected chi connectivity index (χ2v) is 4.30. The van der Waals surface area contributed by atoms with Crippen LogP contribution in [0.4, 0.5) is 11.5 Å². The average Bonchev–Trinajstić information content (AvgIpc) is 3.00. The van der Waals surface area contributed by atoms with Gasteiger partial charge in [-0.1, -0.05) is 23.4 Å². The first-order chi connectivity index (χ1) is 8.83. The second kappa shape index (κ2) is 4.52. The van der Waals surface area contributed by atoms with Crippen LogP contribution in [-0.2, 0) is 4.79 Å². The van der Waals surface area contributed by atoms with Crippen LogP contribution in [0.25, 0.3) is 0 Å². The number of aromatic nitrogens is 1. The van der Waals surface area contributed by atoms with Crippen LogP contribution in [0.1, 0.15) is 17.9 Å². The molecule has 0 fully saturated rings. The Bertz CT molecular complexity index is 551. The van der Waals surface area contributed by atoms with Gasteiger partial charge in [-0.2, -0.15) is 0 Å². The summed E-state index contributed by atoms with van der Waals surface area (Å²) in [5.74, 6) is 0.625. The molecule has 2 N–H and O–H groups in total. The highest BCUT2D eigenvalue weighted by atomic mass is 16.5. The van der Waals surface area contributed by atoms with E-state index in [0.717, 1.165) is 12.2 Å². The molecule has 1 atom stereocenters. The van der Waals surface area contributed by atoms with E-state index < -0.39 is 0 Å². The van der Waals surface area contributed by atoms with Crippen LogP contribution in [0.15, 0.2) is 41.1 Å². The van der Waals surface area contributed by atoms with Crippen molar-refractivity contribution < 1.29 is 9.32 Å². The SMILES string of the molecule is O=C(CC1CNc2ccccc21)Nc1ccon1. The van der Waals surface area contributed by atoms with Crippen molar-refractivity contribution in [3.05, 3.63) is 42.2 Å². The van der Waals surface area contributed by atoms with Crippen LogP contribution >= 0.6 is 0 Å². The third-order valence-corrected chi connectivity index (χ3v) is 3.08. The van der Waals surface area contributed by atoms with Crippen molar-refractivity contribution >= 4 is 17.4 Å². The number of nitrogens with zero attached hydrogens (tertiary/aromatic N) is 1. The number of nitrogens with one attached hydrogen (secondary N) is 2. The Labute approximate surface area is 104 Å². The molecular formula is C13H13N3O2. The number of hydrogen-bond donors (Lipinski definition) is 2. The third-order valence-electron chi connectivity index (χ3n) is 3.08. The highest BCUT2D eigenvalue weighted by Crippen LogP contribution is 2.33. The van der Waals surface area contributed by atoms with Crippen LogP contribution < -0.4 is 10.6 Å². The van der Waals surface area contributed by atoms with Crippen molar-refractivity contribution in [1.29, 1.82) is 0 Å². The molecule has 0 saturated carbocycles. The molecule has 3 rings (SSSR count). The molecule has 1 aromatic carbocycles. The summed E-state index contributed by atoms with van der Waals surface area (Å²) < 4.78 is 4.66. The Balaban J connectivity index is 1.66. The van der Waals surface area contributed by atoms with Gasteiger partial charge in [0.25, 0.3) is 0 Å². The van der Waals surface area contributed by atoms with Gasteiger partial charge in [-0.05, 0) is 11.6 Å². The van der Waals surface area contributed by atoms with Gasteiger partial charge in [0.1, 0.15) is 6.26 Å². The van der Waals surface area contributed by atoms with Gasteiger partial charge in [0.05, 0.1) is 0 Å². The summed E-state index contributed by atoms with van der Waals surface area (Å²) in [4.78, 5) is 11.9. The van der Waals surface area contributed by atoms with Crippen LogP contribution in [0.5, 0.6) is 0 Å². The predicted octanol–water partition coefficient (Wildman–Crippen LogP) is 2.21. The molecule has 1 aromatic heterocycles. The van der Waals surface area contributed by atoms with Crippen LogP contribution in [-0.4, -0.2) is 17.6 Å². The molecule has 0 saturated heterocycles. The lowest BCUT2D eigenvalue weighted by atomic mass is 9.98. The summed E-state index contributed by atoms with van der Waals surface area (Å²) in [5, 5.41) is 9.66. The van der Waals surface area contributed by atoms with Crippen molar-refractivity contribution in [1.82, 2.24) is 5.16 Å². The fourth-order valence-corrected chi connectivity index (χ4v) is 2.23. The molecule has 2 aromatic rings. The first kappa shape index (κ1) is 10.8. The molecule has 0 radical (unpaired) electrons. The fraction of sp³-hybridized carbons (Fsp3) is 0.231. The zero-order valence-corrected chi connectivity index (χ0v) is 9.72. The van der Waals surface area contributed by atoms with Crippen LogP contribution in [0, 0.1) is 0 Å². The van der Waals surface area contributed by atoms with Crippen molar-refractivity contribution in [2.24, 2.45) is 0 Å². The number of carbonyl (C=O) groups excluding carboxylic acids is 1. The Morgan fingerprint density at radius 1 is 1.44 bits per heavy atom. The minimum absolute atomic E-state index is 0.0487. The van der Waals surface area contributed by atoms with Gasteiger partial charge < -0.3 is 15.2 Å². The molecule has 5 nitrogen and oxygen atoms in total. The molecule has 1 aliphatic heterocycles. The number of amides is 1. The second-order valence-electron chi connectivity index (χ2n) is 4.30. The first-order valence-corrected chi connectivity index (χ1v) is 5.86. The Hall–Kier alpha value is -2.30. The Kier molecular flexibility index (Phi) is 2.72. The third kappa shape index (κ3) is 2.07. The van der Waals surface area contributed by atoms with Gasteiger partial charge in [-0.15, -0.1) is 0 Å². The molecule has 1 amide bonds. The van der Waals surface area contributed by atoms with Gasteiger partial charge in [-0.3, -0.25) is 4.79 Å². The highest BCUT2D eigenvalue weighted by molar-refractivity contribution is 5.90. The van der Waals surface area contributed by atoms with Crippen LogP contribution in [0.2, 0.25) is 0 Å². The smallest absolute Gasteiger partial charge is 0.226 e. The molecule has 0 spiro atoms. The lowest BCUT2D eigenvalue weighted by molar-refractivity contribution is -0.116. The van der Waals surface area contributed by atoms with Gasteiger partial charge >= 0.3 is 0 Å². The zero-order chi connectivity index (χ0) is 12.4. The van der Waals surface area contributed by atoms with Crippen molar-refractivity contribution in [2.75, 3.05) is 17.2 Å². The van der Waals surface area contributed by atoms with Gasteiger partial charge in [-0.25, -0.2) is 0 Å². The van der Waals surface area contributed by atoms with Gasteiger partial charge in [0.2, 0.25) is 5.91 Å².